The number of benzene rings is 2. The summed E-state index contributed by atoms with van der Waals surface area (Å²) < 4.78 is 0. The van der Waals surface area contributed by atoms with E-state index < -0.39 is 5.97 Å². The van der Waals surface area contributed by atoms with E-state index in [9.17, 15) is 4.79 Å². The molecule has 24 heavy (non-hydrogen) atoms. The highest BCUT2D eigenvalue weighted by Gasteiger charge is 1.98. The number of aromatic carboxylic acids is 1. The number of hydrogen-bond acceptors (Lipinski definition) is 4. The molecule has 0 aliphatic carbocycles. The molecule has 1 heterocycles. The van der Waals surface area contributed by atoms with Crippen molar-refractivity contribution in [2.24, 2.45) is 0 Å². The minimum Gasteiger partial charge on any atom is -0.478 e. The predicted octanol–water partition coefficient (Wildman–Crippen LogP) is 3.22. The molecule has 2 aromatic carbocycles. The van der Waals surface area contributed by atoms with E-state index in [0.717, 1.165) is 17.8 Å². The number of rotatable bonds is 3. The van der Waals surface area contributed by atoms with Crippen LogP contribution in [0.1, 0.15) is 21.5 Å². The second-order valence-corrected chi connectivity index (χ2v) is 5.21. The van der Waals surface area contributed by atoms with E-state index in [1.165, 1.54) is 29.6 Å². The molecule has 1 aromatic heterocycles. The maximum Gasteiger partial charge on any atom is 0.337 e. The van der Waals surface area contributed by atoms with Gasteiger partial charge in [-0.3, -0.25) is 4.98 Å². The van der Waals surface area contributed by atoms with Crippen LogP contribution in [-0.2, 0) is 6.42 Å². The highest BCUT2D eigenvalue weighted by Crippen LogP contribution is 2.13. The molecular weight excluding hydrogens is 302 g/mol. The van der Waals surface area contributed by atoms with Crippen molar-refractivity contribution in [1.82, 2.24) is 4.98 Å². The number of nitrogens with zero attached hydrogens (tertiary/aromatic N) is 1. The summed E-state index contributed by atoms with van der Waals surface area (Å²) in [6, 6.07) is 19.0. The van der Waals surface area contributed by atoms with Crippen LogP contribution in [0.4, 0.5) is 11.4 Å². The number of nitrogen functional groups attached to an aromatic ring is 2. The lowest BCUT2D eigenvalue weighted by Gasteiger charge is -2.02. The second kappa shape index (κ2) is 8.33. The molecule has 122 valence electrons. The number of nitrogens with two attached hydrogens (primary N) is 2. The van der Waals surface area contributed by atoms with E-state index >= 15 is 0 Å². The van der Waals surface area contributed by atoms with Gasteiger partial charge >= 0.3 is 5.97 Å². The summed E-state index contributed by atoms with van der Waals surface area (Å²) in [6.07, 6.45) is 3.76. The first kappa shape index (κ1) is 17.0. The van der Waals surface area contributed by atoms with Gasteiger partial charge in [-0.2, -0.15) is 0 Å². The number of carbonyl (C=O) groups is 1. The van der Waals surface area contributed by atoms with Crippen LogP contribution in [0.25, 0.3) is 0 Å². The molecule has 3 aromatic rings. The lowest BCUT2D eigenvalue weighted by atomic mass is 10.0. The van der Waals surface area contributed by atoms with Gasteiger partial charge in [0, 0.05) is 23.8 Å². The van der Waals surface area contributed by atoms with Crippen molar-refractivity contribution in [3.05, 3.63) is 89.7 Å². The van der Waals surface area contributed by atoms with Crippen LogP contribution in [0.15, 0.2) is 73.1 Å². The Bertz CT molecular complexity index is 726. The van der Waals surface area contributed by atoms with Crippen LogP contribution in [0.2, 0.25) is 0 Å². The van der Waals surface area contributed by atoms with Gasteiger partial charge in [0.1, 0.15) is 0 Å². The van der Waals surface area contributed by atoms with Crippen LogP contribution in [0.5, 0.6) is 0 Å². The highest BCUT2D eigenvalue weighted by molar-refractivity contribution is 5.86. The molecule has 0 unspecified atom stereocenters. The first-order chi connectivity index (χ1) is 11.5. The van der Waals surface area contributed by atoms with Crippen LogP contribution in [0, 0.1) is 0 Å². The zero-order valence-corrected chi connectivity index (χ0v) is 13.1. The summed E-state index contributed by atoms with van der Waals surface area (Å²) >= 11 is 0. The van der Waals surface area contributed by atoms with E-state index in [4.69, 9.17) is 16.6 Å². The van der Waals surface area contributed by atoms with Gasteiger partial charge in [-0.05, 0) is 53.9 Å². The Morgan fingerprint density at radius 3 is 1.71 bits per heavy atom. The van der Waals surface area contributed by atoms with E-state index in [1.54, 1.807) is 6.07 Å². The van der Waals surface area contributed by atoms with Crippen LogP contribution >= 0.6 is 0 Å². The highest BCUT2D eigenvalue weighted by atomic mass is 16.4. The number of pyridine rings is 1. The second-order valence-electron chi connectivity index (χ2n) is 5.21. The third-order valence-electron chi connectivity index (χ3n) is 3.28. The van der Waals surface area contributed by atoms with Crippen LogP contribution < -0.4 is 11.5 Å². The number of anilines is 2. The summed E-state index contributed by atoms with van der Waals surface area (Å²) in [4.78, 5) is 13.8. The van der Waals surface area contributed by atoms with Crippen LogP contribution in [0.3, 0.4) is 0 Å². The number of aromatic nitrogens is 1. The van der Waals surface area contributed by atoms with Crippen molar-refractivity contribution in [2.75, 3.05) is 11.5 Å². The standard InChI is InChI=1S/C13H14N2.C6H5NO2/c14-12-5-1-10(2-6-12)9-11-3-7-13(15)8-4-11;8-6(9)5-2-1-3-7-4-5/h1-8H,9,14-15H2;1-4H,(H,8,9). The van der Waals surface area contributed by atoms with Gasteiger partial charge in [-0.15, -0.1) is 0 Å². The van der Waals surface area contributed by atoms with Gasteiger partial charge in [-0.25, -0.2) is 4.79 Å². The Balaban J connectivity index is 0.000000198. The quantitative estimate of drug-likeness (QED) is 0.643. The van der Waals surface area contributed by atoms with E-state index in [0.29, 0.717) is 0 Å². The Morgan fingerprint density at radius 2 is 1.38 bits per heavy atom. The molecule has 0 fully saturated rings. The molecule has 5 nitrogen and oxygen atoms in total. The molecular formula is C19H19N3O2. The summed E-state index contributed by atoms with van der Waals surface area (Å²) in [5, 5.41) is 8.34. The SMILES string of the molecule is Nc1ccc(Cc2ccc(N)cc2)cc1.O=C(O)c1cccnc1. The lowest BCUT2D eigenvalue weighted by molar-refractivity contribution is 0.0696. The Kier molecular flexibility index (Phi) is 5.91. The minimum absolute atomic E-state index is 0.220. The van der Waals surface area contributed by atoms with Crippen molar-refractivity contribution >= 4 is 17.3 Å². The maximum absolute atomic E-state index is 10.2. The largest absolute Gasteiger partial charge is 0.478 e. The molecule has 0 amide bonds. The molecule has 0 aliphatic heterocycles. The van der Waals surface area contributed by atoms with Crippen molar-refractivity contribution in [3.63, 3.8) is 0 Å². The molecule has 3 rings (SSSR count). The number of hydrogen-bond donors (Lipinski definition) is 3. The van der Waals surface area contributed by atoms with Gasteiger partial charge < -0.3 is 16.6 Å². The summed E-state index contributed by atoms with van der Waals surface area (Å²) in [5.41, 5.74) is 15.6. The summed E-state index contributed by atoms with van der Waals surface area (Å²) in [7, 11) is 0. The Hall–Kier alpha value is -3.34. The summed E-state index contributed by atoms with van der Waals surface area (Å²) in [6.45, 7) is 0. The summed E-state index contributed by atoms with van der Waals surface area (Å²) in [5.74, 6) is -0.942. The first-order valence-electron chi connectivity index (χ1n) is 7.37. The van der Waals surface area contributed by atoms with Crippen molar-refractivity contribution < 1.29 is 9.90 Å². The molecule has 0 atom stereocenters. The predicted molar refractivity (Wildman–Crippen MR) is 95.7 cm³/mol. The topological polar surface area (TPSA) is 102 Å². The number of carboxylic acid groups (broad SMARTS) is 1. The molecule has 0 saturated carbocycles. The third-order valence-corrected chi connectivity index (χ3v) is 3.28. The van der Waals surface area contributed by atoms with Gasteiger partial charge in [0.2, 0.25) is 0 Å². The Morgan fingerprint density at radius 1 is 0.875 bits per heavy atom. The van der Waals surface area contributed by atoms with Crippen LogP contribution in [-0.4, -0.2) is 16.1 Å². The minimum atomic E-state index is -0.942. The molecule has 5 heteroatoms. The Labute approximate surface area is 140 Å². The molecule has 0 spiro atoms. The van der Waals surface area contributed by atoms with Crippen molar-refractivity contribution in [3.8, 4) is 0 Å². The van der Waals surface area contributed by atoms with E-state index in [2.05, 4.69) is 4.98 Å². The monoisotopic (exact) mass is 321 g/mol. The zero-order chi connectivity index (χ0) is 17.4. The average molecular weight is 321 g/mol. The maximum atomic E-state index is 10.2. The smallest absolute Gasteiger partial charge is 0.337 e. The normalized spacial score (nSPS) is 9.67. The lowest BCUT2D eigenvalue weighted by Crippen LogP contribution is -1.94. The first-order valence-corrected chi connectivity index (χ1v) is 7.37. The molecule has 5 N–H and O–H groups in total. The van der Waals surface area contributed by atoms with Gasteiger partial charge in [0.15, 0.2) is 0 Å². The molecule has 0 bridgehead atoms. The fourth-order valence-corrected chi connectivity index (χ4v) is 2.00. The molecule has 0 saturated heterocycles. The molecule has 0 aliphatic rings. The number of carboxylic acids is 1. The molecule has 0 radical (unpaired) electrons. The fraction of sp³-hybridized carbons (Fsp3) is 0.0526. The van der Waals surface area contributed by atoms with E-state index in [-0.39, 0.29) is 5.56 Å². The van der Waals surface area contributed by atoms with Gasteiger partial charge in [-0.1, -0.05) is 24.3 Å². The average Bonchev–Trinajstić information content (AvgIpc) is 2.60. The van der Waals surface area contributed by atoms with Crippen molar-refractivity contribution in [1.29, 1.82) is 0 Å². The van der Waals surface area contributed by atoms with Gasteiger partial charge in [0.25, 0.3) is 0 Å². The zero-order valence-electron chi connectivity index (χ0n) is 13.1. The fourth-order valence-electron chi connectivity index (χ4n) is 2.00. The van der Waals surface area contributed by atoms with E-state index in [1.807, 2.05) is 48.5 Å². The van der Waals surface area contributed by atoms with Gasteiger partial charge in [0.05, 0.1) is 5.56 Å². The third kappa shape index (κ3) is 5.46. The van der Waals surface area contributed by atoms with Crippen molar-refractivity contribution in [2.45, 2.75) is 6.42 Å².